The summed E-state index contributed by atoms with van der Waals surface area (Å²) in [5.41, 5.74) is 1.79. The predicted octanol–water partition coefficient (Wildman–Crippen LogP) is 0.886. The zero-order valence-electron chi connectivity index (χ0n) is 9.67. The van der Waals surface area contributed by atoms with Gasteiger partial charge in [0.15, 0.2) is 0 Å². The Kier molecular flexibility index (Phi) is 2.70. The fourth-order valence-corrected chi connectivity index (χ4v) is 1.24. The van der Waals surface area contributed by atoms with Gasteiger partial charge in [0, 0.05) is 7.05 Å². The Bertz CT molecular complexity index is 597. The van der Waals surface area contributed by atoms with Crippen LogP contribution in [-0.2, 0) is 7.05 Å². The Hall–Kier alpha value is -2.49. The maximum Gasteiger partial charge on any atom is 0.342 e. The summed E-state index contributed by atoms with van der Waals surface area (Å²) in [5, 5.41) is 20.7. The molecule has 2 aromatic rings. The van der Waals surface area contributed by atoms with Crippen molar-refractivity contribution in [3.63, 3.8) is 0 Å². The lowest BCUT2D eigenvalue weighted by Crippen LogP contribution is -2.01. The summed E-state index contributed by atoms with van der Waals surface area (Å²) in [5.74, 6) is 0.127. The smallest absolute Gasteiger partial charge is 0.342 e. The molecule has 0 radical (unpaired) electrons. The number of nitrogens with zero attached hydrogens (tertiary/aromatic N) is 6. The molecule has 7 heteroatoms. The number of hydrogen-bond acceptors (Lipinski definition) is 6. The first-order valence-electron chi connectivity index (χ1n) is 4.89. The molecule has 2 rings (SSSR count). The second kappa shape index (κ2) is 4.17. The molecule has 0 N–H and O–H groups in total. The van der Waals surface area contributed by atoms with E-state index in [9.17, 15) is 0 Å². The molecule has 0 aliphatic rings. The van der Waals surface area contributed by atoms with Crippen LogP contribution in [0.15, 0.2) is 6.33 Å². The van der Waals surface area contributed by atoms with Crippen LogP contribution in [-0.4, -0.2) is 25.0 Å². The Balaban J connectivity index is 2.40. The van der Waals surface area contributed by atoms with Crippen LogP contribution in [0.4, 0.5) is 0 Å². The van der Waals surface area contributed by atoms with Crippen molar-refractivity contribution in [1.82, 2.24) is 25.0 Å². The number of aromatic nitrogens is 5. The summed E-state index contributed by atoms with van der Waals surface area (Å²) in [6.45, 7) is 3.58. The van der Waals surface area contributed by atoms with Crippen LogP contribution in [0.3, 0.4) is 0 Å². The maximum atomic E-state index is 9.06. The molecular weight excluding hydrogens is 220 g/mol. The SMILES string of the molecule is Cc1nnc(Oc2ncn(C)n2)c(C#N)c1C. The molecule has 17 heavy (non-hydrogen) atoms. The zero-order valence-corrected chi connectivity index (χ0v) is 9.67. The highest BCUT2D eigenvalue weighted by molar-refractivity contribution is 5.45. The molecule has 0 atom stereocenters. The number of aryl methyl sites for hydroxylation is 2. The van der Waals surface area contributed by atoms with Gasteiger partial charge in [-0.1, -0.05) is 0 Å². The lowest BCUT2D eigenvalue weighted by molar-refractivity contribution is 0.414. The van der Waals surface area contributed by atoms with Crippen LogP contribution in [0.25, 0.3) is 0 Å². The molecule has 0 spiro atoms. The molecule has 0 saturated carbocycles. The number of ether oxygens (including phenoxy) is 1. The van der Waals surface area contributed by atoms with E-state index < -0.39 is 0 Å². The van der Waals surface area contributed by atoms with Gasteiger partial charge in [0.2, 0.25) is 0 Å². The van der Waals surface area contributed by atoms with Crippen molar-refractivity contribution >= 4 is 0 Å². The largest absolute Gasteiger partial charge is 0.401 e. The van der Waals surface area contributed by atoms with Gasteiger partial charge in [0.05, 0.1) is 5.69 Å². The minimum absolute atomic E-state index is 0.127. The van der Waals surface area contributed by atoms with Gasteiger partial charge in [-0.2, -0.15) is 15.3 Å². The lowest BCUT2D eigenvalue weighted by atomic mass is 10.1. The van der Waals surface area contributed by atoms with Gasteiger partial charge in [-0.15, -0.1) is 10.2 Å². The second-order valence-electron chi connectivity index (χ2n) is 3.51. The molecule has 0 fully saturated rings. The topological polar surface area (TPSA) is 89.5 Å². The standard InChI is InChI=1S/C10H10N6O/c1-6-7(2)13-14-9(8(6)4-11)17-10-12-5-16(3)15-10/h5H,1-3H3. The average molecular weight is 230 g/mol. The van der Waals surface area contributed by atoms with Crippen molar-refractivity contribution in [2.45, 2.75) is 13.8 Å². The summed E-state index contributed by atoms with van der Waals surface area (Å²) >= 11 is 0. The molecule has 0 aromatic carbocycles. The van der Waals surface area contributed by atoms with Crippen LogP contribution < -0.4 is 4.74 Å². The first-order chi connectivity index (χ1) is 8.11. The number of nitriles is 1. The molecule has 2 heterocycles. The van der Waals surface area contributed by atoms with E-state index in [1.807, 2.05) is 6.07 Å². The Morgan fingerprint density at radius 2 is 2.12 bits per heavy atom. The van der Waals surface area contributed by atoms with E-state index in [4.69, 9.17) is 10.00 Å². The summed E-state index contributed by atoms with van der Waals surface area (Å²) in [7, 11) is 1.72. The maximum absolute atomic E-state index is 9.06. The highest BCUT2D eigenvalue weighted by Crippen LogP contribution is 2.22. The van der Waals surface area contributed by atoms with Crippen LogP contribution >= 0.6 is 0 Å². The summed E-state index contributed by atoms with van der Waals surface area (Å²) < 4.78 is 6.81. The molecule has 0 unspecified atom stereocenters. The highest BCUT2D eigenvalue weighted by Gasteiger charge is 2.14. The van der Waals surface area contributed by atoms with Gasteiger partial charge in [0.1, 0.15) is 18.0 Å². The van der Waals surface area contributed by atoms with E-state index in [-0.39, 0.29) is 11.9 Å². The van der Waals surface area contributed by atoms with Crippen LogP contribution in [0.2, 0.25) is 0 Å². The van der Waals surface area contributed by atoms with Crippen LogP contribution in [0, 0.1) is 25.2 Å². The van der Waals surface area contributed by atoms with Gasteiger partial charge in [-0.25, -0.2) is 0 Å². The van der Waals surface area contributed by atoms with Crippen molar-refractivity contribution in [1.29, 1.82) is 5.26 Å². The van der Waals surface area contributed by atoms with E-state index in [0.29, 0.717) is 11.3 Å². The van der Waals surface area contributed by atoms with E-state index in [2.05, 4.69) is 20.3 Å². The molecule has 7 nitrogen and oxygen atoms in total. The van der Waals surface area contributed by atoms with Gasteiger partial charge >= 0.3 is 6.01 Å². The van der Waals surface area contributed by atoms with Crippen molar-refractivity contribution in [2.24, 2.45) is 7.05 Å². The van der Waals surface area contributed by atoms with E-state index in [1.165, 1.54) is 11.0 Å². The molecular formula is C10H10N6O. The van der Waals surface area contributed by atoms with Gasteiger partial charge in [-0.05, 0) is 19.4 Å². The first-order valence-corrected chi connectivity index (χ1v) is 4.89. The number of hydrogen-bond donors (Lipinski definition) is 0. The quantitative estimate of drug-likeness (QED) is 0.760. The third kappa shape index (κ3) is 2.06. The Morgan fingerprint density at radius 3 is 2.71 bits per heavy atom. The minimum atomic E-state index is 0.127. The second-order valence-corrected chi connectivity index (χ2v) is 3.51. The molecule has 0 aliphatic heterocycles. The van der Waals surface area contributed by atoms with Crippen LogP contribution in [0.5, 0.6) is 11.9 Å². The summed E-state index contributed by atoms with van der Waals surface area (Å²) in [4.78, 5) is 3.89. The van der Waals surface area contributed by atoms with Crippen molar-refractivity contribution in [3.05, 3.63) is 23.1 Å². The molecule has 2 aromatic heterocycles. The van der Waals surface area contributed by atoms with E-state index >= 15 is 0 Å². The van der Waals surface area contributed by atoms with Gasteiger partial charge in [-0.3, -0.25) is 4.68 Å². The van der Waals surface area contributed by atoms with Crippen molar-refractivity contribution in [3.8, 4) is 18.0 Å². The van der Waals surface area contributed by atoms with Gasteiger partial charge < -0.3 is 4.74 Å². The molecule has 0 amide bonds. The predicted molar refractivity (Wildman–Crippen MR) is 57.3 cm³/mol. The fourth-order valence-electron chi connectivity index (χ4n) is 1.24. The summed E-state index contributed by atoms with van der Waals surface area (Å²) in [6.07, 6.45) is 1.50. The lowest BCUT2D eigenvalue weighted by Gasteiger charge is -2.05. The Labute approximate surface area is 97.7 Å². The first kappa shape index (κ1) is 11.0. The highest BCUT2D eigenvalue weighted by atomic mass is 16.5. The fraction of sp³-hybridized carbons (Fsp3) is 0.300. The molecule has 0 saturated heterocycles. The normalized spacial score (nSPS) is 10.0. The van der Waals surface area contributed by atoms with Crippen molar-refractivity contribution < 1.29 is 4.74 Å². The molecule has 0 aliphatic carbocycles. The number of rotatable bonds is 2. The minimum Gasteiger partial charge on any atom is -0.401 e. The Morgan fingerprint density at radius 1 is 1.35 bits per heavy atom. The zero-order chi connectivity index (χ0) is 12.4. The molecule has 86 valence electrons. The third-order valence-corrected chi connectivity index (χ3v) is 2.30. The monoisotopic (exact) mass is 230 g/mol. The van der Waals surface area contributed by atoms with E-state index in [1.54, 1.807) is 20.9 Å². The van der Waals surface area contributed by atoms with E-state index in [0.717, 1.165) is 5.56 Å². The summed E-state index contributed by atoms with van der Waals surface area (Å²) in [6, 6.07) is 2.18. The van der Waals surface area contributed by atoms with Gasteiger partial charge in [0.25, 0.3) is 5.88 Å². The van der Waals surface area contributed by atoms with Crippen molar-refractivity contribution in [2.75, 3.05) is 0 Å². The molecule has 0 bridgehead atoms. The third-order valence-electron chi connectivity index (χ3n) is 2.30. The van der Waals surface area contributed by atoms with Crippen LogP contribution in [0.1, 0.15) is 16.8 Å². The average Bonchev–Trinajstić information content (AvgIpc) is 2.70.